The number of aromatic nitrogens is 1. The van der Waals surface area contributed by atoms with Gasteiger partial charge >= 0.3 is 0 Å². The minimum atomic E-state index is -0.0774. The molecule has 1 aliphatic carbocycles. The minimum absolute atomic E-state index is 0.0774. The van der Waals surface area contributed by atoms with Gasteiger partial charge in [0.15, 0.2) is 0 Å². The Kier molecular flexibility index (Phi) is 4.64. The summed E-state index contributed by atoms with van der Waals surface area (Å²) in [6.07, 6.45) is 1.40. The SMILES string of the molecule is CC1(C)c2ccccc2-c2cc3c4ccccc4n(-c4ccccc4N(C=N)c4ccccc4)c3cc21. The maximum atomic E-state index is 8.30. The van der Waals surface area contributed by atoms with Gasteiger partial charge in [-0.15, -0.1) is 0 Å². The normalized spacial score (nSPS) is 13.5. The first-order valence-corrected chi connectivity index (χ1v) is 12.7. The molecule has 0 unspecified atom stereocenters. The second-order valence-electron chi connectivity index (χ2n) is 10.3. The zero-order chi connectivity index (χ0) is 25.1. The Bertz CT molecular complexity index is 1830. The third-order valence-corrected chi connectivity index (χ3v) is 7.92. The third-order valence-electron chi connectivity index (χ3n) is 7.92. The molecule has 37 heavy (non-hydrogen) atoms. The number of benzene rings is 5. The van der Waals surface area contributed by atoms with Crippen molar-refractivity contribution in [3.05, 3.63) is 126 Å². The largest absolute Gasteiger partial charge is 0.307 e. The number of anilines is 2. The Balaban J connectivity index is 1.56. The summed E-state index contributed by atoms with van der Waals surface area (Å²) in [6, 6.07) is 40.8. The molecular weight excluding hydrogens is 450 g/mol. The van der Waals surface area contributed by atoms with Gasteiger partial charge in [0, 0.05) is 21.9 Å². The molecule has 178 valence electrons. The molecule has 0 amide bonds. The van der Waals surface area contributed by atoms with Crippen LogP contribution in [0.1, 0.15) is 25.0 Å². The van der Waals surface area contributed by atoms with Gasteiger partial charge in [-0.05, 0) is 64.7 Å². The lowest BCUT2D eigenvalue weighted by molar-refractivity contribution is 0.661. The van der Waals surface area contributed by atoms with E-state index in [0.717, 1.165) is 22.6 Å². The van der Waals surface area contributed by atoms with Crippen LogP contribution < -0.4 is 4.90 Å². The molecule has 5 aromatic carbocycles. The van der Waals surface area contributed by atoms with Crippen molar-refractivity contribution in [2.24, 2.45) is 0 Å². The molecule has 1 aromatic heterocycles. The smallest absolute Gasteiger partial charge is 0.0908 e. The van der Waals surface area contributed by atoms with Crippen molar-refractivity contribution in [3.63, 3.8) is 0 Å². The van der Waals surface area contributed by atoms with Crippen molar-refractivity contribution in [3.8, 4) is 16.8 Å². The molecule has 1 heterocycles. The van der Waals surface area contributed by atoms with Gasteiger partial charge in [0.1, 0.15) is 0 Å². The zero-order valence-electron chi connectivity index (χ0n) is 20.9. The van der Waals surface area contributed by atoms with Gasteiger partial charge < -0.3 is 4.57 Å². The van der Waals surface area contributed by atoms with E-state index >= 15 is 0 Å². The van der Waals surface area contributed by atoms with Crippen LogP contribution in [0.15, 0.2) is 115 Å². The number of para-hydroxylation sites is 4. The first-order chi connectivity index (χ1) is 18.1. The molecule has 0 aliphatic heterocycles. The summed E-state index contributed by atoms with van der Waals surface area (Å²) < 4.78 is 2.37. The summed E-state index contributed by atoms with van der Waals surface area (Å²) in [7, 11) is 0. The van der Waals surface area contributed by atoms with Crippen LogP contribution in [0.2, 0.25) is 0 Å². The van der Waals surface area contributed by atoms with E-state index in [1.54, 1.807) is 0 Å². The van der Waals surface area contributed by atoms with Crippen LogP contribution in [-0.4, -0.2) is 10.9 Å². The van der Waals surface area contributed by atoms with E-state index < -0.39 is 0 Å². The molecule has 0 bridgehead atoms. The van der Waals surface area contributed by atoms with Gasteiger partial charge in [0.05, 0.1) is 28.7 Å². The number of nitrogens with zero attached hydrogens (tertiary/aromatic N) is 2. The molecule has 1 N–H and O–H groups in total. The lowest BCUT2D eigenvalue weighted by Crippen LogP contribution is -2.16. The Labute approximate surface area is 216 Å². The van der Waals surface area contributed by atoms with Gasteiger partial charge in [0.2, 0.25) is 0 Å². The van der Waals surface area contributed by atoms with Crippen molar-refractivity contribution in [2.75, 3.05) is 4.90 Å². The summed E-state index contributed by atoms with van der Waals surface area (Å²) in [5.74, 6) is 0. The average molecular weight is 478 g/mol. The first-order valence-electron chi connectivity index (χ1n) is 12.7. The highest BCUT2D eigenvalue weighted by Gasteiger charge is 2.36. The van der Waals surface area contributed by atoms with E-state index in [-0.39, 0.29) is 5.41 Å². The standard InChI is InChI=1S/C34H27N3/c1-34(2)28-16-8-6-14-24(28)26-20-27-25-15-7-9-17-30(25)37(33(27)21-29(26)34)32-19-11-10-18-31(32)36(22-35)23-12-4-3-5-13-23/h3-22,35H,1-2H3. The number of nitrogens with one attached hydrogen (secondary N) is 1. The molecule has 1 aliphatic rings. The van der Waals surface area contributed by atoms with Crippen molar-refractivity contribution >= 4 is 39.5 Å². The lowest BCUT2D eigenvalue weighted by Gasteiger charge is -2.24. The summed E-state index contributed by atoms with van der Waals surface area (Å²) in [5.41, 5.74) is 10.7. The maximum absolute atomic E-state index is 8.30. The summed E-state index contributed by atoms with van der Waals surface area (Å²) in [6.45, 7) is 4.66. The molecule has 3 nitrogen and oxygen atoms in total. The van der Waals surface area contributed by atoms with Gasteiger partial charge in [-0.25, -0.2) is 0 Å². The fraction of sp³-hybridized carbons (Fsp3) is 0.0882. The third kappa shape index (κ3) is 3.04. The van der Waals surface area contributed by atoms with E-state index in [0.29, 0.717) is 0 Å². The summed E-state index contributed by atoms with van der Waals surface area (Å²) in [4.78, 5) is 1.95. The number of hydrogen-bond acceptors (Lipinski definition) is 1. The van der Waals surface area contributed by atoms with Gasteiger partial charge in [-0.2, -0.15) is 0 Å². The lowest BCUT2D eigenvalue weighted by atomic mass is 9.82. The predicted octanol–water partition coefficient (Wildman–Crippen LogP) is 8.84. The van der Waals surface area contributed by atoms with E-state index in [4.69, 9.17) is 5.41 Å². The highest BCUT2D eigenvalue weighted by atomic mass is 15.2. The average Bonchev–Trinajstić information content (AvgIpc) is 3.38. The van der Waals surface area contributed by atoms with Crippen LogP contribution in [-0.2, 0) is 5.41 Å². The monoisotopic (exact) mass is 477 g/mol. The Morgan fingerprint density at radius 1 is 0.649 bits per heavy atom. The second kappa shape index (κ2) is 7.94. The molecule has 0 saturated heterocycles. The van der Waals surface area contributed by atoms with Crippen LogP contribution in [0, 0.1) is 5.41 Å². The van der Waals surface area contributed by atoms with Crippen molar-refractivity contribution in [2.45, 2.75) is 19.3 Å². The van der Waals surface area contributed by atoms with Crippen molar-refractivity contribution in [1.82, 2.24) is 4.57 Å². The highest BCUT2D eigenvalue weighted by Crippen LogP contribution is 2.51. The van der Waals surface area contributed by atoms with Crippen LogP contribution in [0.25, 0.3) is 38.6 Å². The van der Waals surface area contributed by atoms with Crippen LogP contribution >= 0.6 is 0 Å². The van der Waals surface area contributed by atoms with E-state index in [1.165, 1.54) is 44.9 Å². The molecule has 0 fully saturated rings. The summed E-state index contributed by atoms with van der Waals surface area (Å²) >= 11 is 0. The fourth-order valence-electron chi connectivity index (χ4n) is 6.15. The molecule has 7 rings (SSSR count). The number of hydrogen-bond donors (Lipinski definition) is 1. The predicted molar refractivity (Wildman–Crippen MR) is 156 cm³/mol. The second-order valence-corrected chi connectivity index (χ2v) is 10.3. The molecule has 0 radical (unpaired) electrons. The topological polar surface area (TPSA) is 32.0 Å². The quantitative estimate of drug-likeness (QED) is 0.200. The Morgan fingerprint density at radius 3 is 2.19 bits per heavy atom. The van der Waals surface area contributed by atoms with Crippen molar-refractivity contribution in [1.29, 1.82) is 5.41 Å². The van der Waals surface area contributed by atoms with Crippen LogP contribution in [0.4, 0.5) is 11.4 Å². The molecule has 3 heteroatoms. The van der Waals surface area contributed by atoms with Crippen LogP contribution in [0.3, 0.4) is 0 Å². The van der Waals surface area contributed by atoms with Crippen LogP contribution in [0.5, 0.6) is 0 Å². The molecule has 0 spiro atoms. The Hall–Kier alpha value is -4.63. The van der Waals surface area contributed by atoms with E-state index in [9.17, 15) is 0 Å². The van der Waals surface area contributed by atoms with Gasteiger partial charge in [-0.3, -0.25) is 10.3 Å². The zero-order valence-corrected chi connectivity index (χ0v) is 20.9. The summed E-state index contributed by atoms with van der Waals surface area (Å²) in [5, 5.41) is 10.8. The molecule has 0 atom stereocenters. The van der Waals surface area contributed by atoms with Crippen molar-refractivity contribution < 1.29 is 0 Å². The van der Waals surface area contributed by atoms with Gasteiger partial charge in [-0.1, -0.05) is 86.6 Å². The highest BCUT2D eigenvalue weighted by molar-refractivity contribution is 6.12. The number of fused-ring (bicyclic) bond motifs is 6. The minimum Gasteiger partial charge on any atom is -0.307 e. The molecular formula is C34H27N3. The van der Waals surface area contributed by atoms with E-state index in [2.05, 4.69) is 97.3 Å². The molecule has 6 aromatic rings. The number of rotatable bonds is 4. The molecule has 0 saturated carbocycles. The fourth-order valence-corrected chi connectivity index (χ4v) is 6.15. The van der Waals surface area contributed by atoms with Gasteiger partial charge in [0.25, 0.3) is 0 Å². The van der Waals surface area contributed by atoms with E-state index in [1.807, 2.05) is 41.3 Å². The first kappa shape index (κ1) is 21.6. The Morgan fingerprint density at radius 2 is 1.35 bits per heavy atom. The maximum Gasteiger partial charge on any atom is 0.0908 e.